The van der Waals surface area contributed by atoms with E-state index in [1.807, 2.05) is 11.8 Å². The molecule has 19 heavy (non-hydrogen) atoms. The number of aromatic nitrogens is 2. The number of halogens is 1. The molecule has 3 rings (SSSR count). The van der Waals surface area contributed by atoms with Crippen molar-refractivity contribution in [3.05, 3.63) is 30.1 Å². The number of thioether (sulfide) groups is 1. The van der Waals surface area contributed by atoms with Gasteiger partial charge in [-0.2, -0.15) is 11.8 Å². The Morgan fingerprint density at radius 2 is 2.21 bits per heavy atom. The van der Waals surface area contributed by atoms with Crippen molar-refractivity contribution >= 4 is 34.4 Å². The number of fused-ring (bicyclic) bond motifs is 1. The van der Waals surface area contributed by atoms with Crippen molar-refractivity contribution in [3.8, 4) is 0 Å². The number of hydrogen-bond acceptors (Lipinski definition) is 2. The Bertz CT molecular complexity index is 566. The van der Waals surface area contributed by atoms with E-state index in [9.17, 15) is 0 Å². The summed E-state index contributed by atoms with van der Waals surface area (Å²) in [5.41, 5.74) is 2.38. The highest BCUT2D eigenvalue weighted by molar-refractivity contribution is 7.99. The van der Waals surface area contributed by atoms with Crippen LogP contribution in [0.4, 0.5) is 0 Å². The molecule has 1 heterocycles. The molecule has 2 unspecified atom stereocenters. The van der Waals surface area contributed by atoms with E-state index < -0.39 is 0 Å². The van der Waals surface area contributed by atoms with Gasteiger partial charge in [0, 0.05) is 23.6 Å². The molecule has 1 saturated carbocycles. The Kier molecular flexibility index (Phi) is 4.04. The van der Waals surface area contributed by atoms with Crippen LogP contribution < -0.4 is 0 Å². The Morgan fingerprint density at radius 3 is 3.00 bits per heavy atom. The minimum absolute atomic E-state index is 0.584. The fourth-order valence-electron chi connectivity index (χ4n) is 3.20. The van der Waals surface area contributed by atoms with Gasteiger partial charge < -0.3 is 4.57 Å². The Balaban J connectivity index is 2.11. The normalized spacial score (nSPS) is 23.3. The van der Waals surface area contributed by atoms with Crippen molar-refractivity contribution in [2.75, 3.05) is 12.1 Å². The highest BCUT2D eigenvalue weighted by Gasteiger charge is 2.30. The molecule has 0 radical (unpaired) electrons. The molecular weight excluding hydrogens is 276 g/mol. The monoisotopic (exact) mass is 294 g/mol. The van der Waals surface area contributed by atoms with E-state index in [-0.39, 0.29) is 0 Å². The van der Waals surface area contributed by atoms with Gasteiger partial charge in [0.05, 0.1) is 11.0 Å². The van der Waals surface area contributed by atoms with E-state index in [0.29, 0.717) is 17.2 Å². The van der Waals surface area contributed by atoms with Gasteiger partial charge in [0.25, 0.3) is 0 Å². The molecule has 1 aromatic heterocycles. The van der Waals surface area contributed by atoms with Gasteiger partial charge in [-0.1, -0.05) is 18.6 Å². The fourth-order valence-corrected chi connectivity index (χ4v) is 4.35. The van der Waals surface area contributed by atoms with Gasteiger partial charge in [-0.3, -0.25) is 0 Å². The third kappa shape index (κ3) is 2.38. The summed E-state index contributed by atoms with van der Waals surface area (Å²) in [6.07, 6.45) is 6.99. The molecule has 0 spiro atoms. The molecule has 0 N–H and O–H groups in total. The molecule has 2 aromatic rings. The maximum absolute atomic E-state index is 5.95. The minimum atomic E-state index is 0.584. The number of nitrogens with zero attached hydrogens (tertiary/aromatic N) is 2. The van der Waals surface area contributed by atoms with Crippen molar-refractivity contribution in [3.63, 3.8) is 0 Å². The Labute approximate surface area is 123 Å². The molecule has 1 aliphatic carbocycles. The predicted molar refractivity (Wildman–Crippen MR) is 84.3 cm³/mol. The first kappa shape index (κ1) is 13.3. The van der Waals surface area contributed by atoms with Gasteiger partial charge in [0.15, 0.2) is 0 Å². The smallest absolute Gasteiger partial charge is 0.111 e. The van der Waals surface area contributed by atoms with Crippen molar-refractivity contribution in [2.24, 2.45) is 0 Å². The van der Waals surface area contributed by atoms with Crippen LogP contribution >= 0.6 is 23.4 Å². The lowest BCUT2D eigenvalue weighted by atomic mass is 10.2. The molecule has 102 valence electrons. The molecule has 0 saturated heterocycles. The van der Waals surface area contributed by atoms with Crippen LogP contribution in [0, 0.1) is 0 Å². The summed E-state index contributed by atoms with van der Waals surface area (Å²) in [4.78, 5) is 4.78. The van der Waals surface area contributed by atoms with Crippen LogP contribution in [0.2, 0.25) is 0 Å². The topological polar surface area (TPSA) is 17.8 Å². The summed E-state index contributed by atoms with van der Waals surface area (Å²) in [7, 11) is 0. The number of alkyl halides is 1. The van der Waals surface area contributed by atoms with Crippen LogP contribution in [-0.4, -0.2) is 26.9 Å². The van der Waals surface area contributed by atoms with Crippen LogP contribution in [0.25, 0.3) is 11.0 Å². The lowest BCUT2D eigenvalue weighted by Crippen LogP contribution is -2.18. The molecule has 1 aromatic carbocycles. The summed E-state index contributed by atoms with van der Waals surface area (Å²) in [5.74, 6) is 1.79. The van der Waals surface area contributed by atoms with Gasteiger partial charge in [-0.15, -0.1) is 11.6 Å². The molecule has 1 fully saturated rings. The molecule has 4 heteroatoms. The molecule has 1 aliphatic rings. The van der Waals surface area contributed by atoms with E-state index in [2.05, 4.69) is 35.1 Å². The largest absolute Gasteiger partial charge is 0.324 e. The number of para-hydroxylation sites is 2. The number of imidazole rings is 1. The number of rotatable bonds is 4. The molecule has 2 atom stereocenters. The Hall–Kier alpha value is -0.670. The highest BCUT2D eigenvalue weighted by atomic mass is 35.5. The second-order valence-corrected chi connectivity index (χ2v) is 6.55. The van der Waals surface area contributed by atoms with Crippen LogP contribution in [-0.2, 0) is 6.42 Å². The van der Waals surface area contributed by atoms with Crippen LogP contribution in [0.5, 0.6) is 0 Å². The van der Waals surface area contributed by atoms with Crippen molar-refractivity contribution in [1.82, 2.24) is 9.55 Å². The first-order valence-corrected chi connectivity index (χ1v) is 8.72. The molecule has 0 aliphatic heterocycles. The van der Waals surface area contributed by atoms with Gasteiger partial charge in [0.1, 0.15) is 5.82 Å². The summed E-state index contributed by atoms with van der Waals surface area (Å²) >= 11 is 7.95. The van der Waals surface area contributed by atoms with E-state index in [1.54, 1.807) is 0 Å². The van der Waals surface area contributed by atoms with E-state index in [4.69, 9.17) is 16.6 Å². The average Bonchev–Trinajstić information content (AvgIpc) is 3.01. The lowest BCUT2D eigenvalue weighted by Gasteiger charge is -2.22. The summed E-state index contributed by atoms with van der Waals surface area (Å²) in [6.45, 7) is 0. The van der Waals surface area contributed by atoms with E-state index >= 15 is 0 Å². The van der Waals surface area contributed by atoms with Crippen molar-refractivity contribution in [2.45, 2.75) is 37.0 Å². The second kappa shape index (κ2) is 5.76. The van der Waals surface area contributed by atoms with E-state index in [1.165, 1.54) is 24.8 Å². The maximum Gasteiger partial charge on any atom is 0.111 e. The average molecular weight is 295 g/mol. The van der Waals surface area contributed by atoms with Gasteiger partial charge >= 0.3 is 0 Å². The molecule has 0 bridgehead atoms. The highest BCUT2D eigenvalue weighted by Crippen LogP contribution is 2.39. The van der Waals surface area contributed by atoms with Crippen molar-refractivity contribution < 1.29 is 0 Å². The predicted octanol–water partition coefficient (Wildman–Crippen LogP) is 4.27. The fraction of sp³-hybridized carbons (Fsp3) is 0.533. The van der Waals surface area contributed by atoms with Crippen molar-refractivity contribution in [1.29, 1.82) is 0 Å². The van der Waals surface area contributed by atoms with Gasteiger partial charge in [-0.05, 0) is 31.2 Å². The van der Waals surface area contributed by atoms with Gasteiger partial charge in [-0.25, -0.2) is 4.98 Å². The zero-order valence-corrected chi connectivity index (χ0v) is 12.8. The molecule has 2 nitrogen and oxygen atoms in total. The van der Waals surface area contributed by atoms with Crippen LogP contribution in [0.3, 0.4) is 0 Å². The quantitative estimate of drug-likeness (QED) is 0.784. The van der Waals surface area contributed by atoms with Crippen LogP contribution in [0.1, 0.15) is 31.1 Å². The number of benzene rings is 1. The molecule has 0 amide bonds. The first-order chi connectivity index (χ1) is 9.35. The second-order valence-electron chi connectivity index (χ2n) is 5.10. The summed E-state index contributed by atoms with van der Waals surface area (Å²) < 4.78 is 2.46. The molecular formula is C15H19ClN2S. The first-order valence-electron chi connectivity index (χ1n) is 6.89. The standard InChI is InChI=1S/C15H19ClN2S/c1-19-14-8-4-7-13(14)18-12-6-3-2-5-11(12)17-15(18)9-10-16/h2-3,5-6,13-14H,4,7-10H2,1H3. The number of aryl methyl sites for hydroxylation is 1. The van der Waals surface area contributed by atoms with Crippen LogP contribution in [0.15, 0.2) is 24.3 Å². The third-order valence-corrected chi connectivity index (χ3v) is 5.38. The minimum Gasteiger partial charge on any atom is -0.324 e. The third-order valence-electron chi connectivity index (χ3n) is 4.04. The summed E-state index contributed by atoms with van der Waals surface area (Å²) in [5, 5.41) is 0.715. The Morgan fingerprint density at radius 1 is 1.37 bits per heavy atom. The zero-order chi connectivity index (χ0) is 13.2. The zero-order valence-electron chi connectivity index (χ0n) is 11.2. The van der Waals surface area contributed by atoms with E-state index in [0.717, 1.165) is 17.8 Å². The van der Waals surface area contributed by atoms with Gasteiger partial charge in [0.2, 0.25) is 0 Å². The SMILES string of the molecule is CSC1CCCC1n1c(CCCl)nc2ccccc21. The summed E-state index contributed by atoms with van der Waals surface area (Å²) in [6, 6.07) is 9.04. The maximum atomic E-state index is 5.95. The number of hydrogen-bond donors (Lipinski definition) is 0. The lowest BCUT2D eigenvalue weighted by molar-refractivity contribution is 0.522.